The number of rotatable bonds is 2. The summed E-state index contributed by atoms with van der Waals surface area (Å²) >= 11 is 0. The first-order valence-corrected chi connectivity index (χ1v) is 6.94. The molecule has 3 rings (SSSR count). The predicted octanol–water partition coefficient (Wildman–Crippen LogP) is -0.314. The van der Waals surface area contributed by atoms with Gasteiger partial charge in [-0.25, -0.2) is 0 Å². The van der Waals surface area contributed by atoms with Crippen LogP contribution in [-0.2, 0) is 0 Å². The number of aromatic amines is 1. The van der Waals surface area contributed by atoms with Crippen LogP contribution in [0.25, 0.3) is 0 Å². The molecule has 1 atom stereocenters. The first-order valence-electron chi connectivity index (χ1n) is 6.94. The molecule has 1 saturated heterocycles. The quantitative estimate of drug-likeness (QED) is 0.789. The van der Waals surface area contributed by atoms with Gasteiger partial charge in [0.05, 0.1) is 12.2 Å². The van der Waals surface area contributed by atoms with Crippen LogP contribution in [0.2, 0.25) is 0 Å². The van der Waals surface area contributed by atoms with E-state index in [2.05, 4.69) is 10.1 Å². The van der Waals surface area contributed by atoms with Crippen molar-refractivity contribution in [3.8, 4) is 0 Å². The molecule has 0 unspecified atom stereocenters. The highest BCUT2D eigenvalue weighted by Gasteiger charge is 2.27. The molecule has 1 amide bonds. The molecule has 0 aromatic carbocycles. The van der Waals surface area contributed by atoms with E-state index in [1.807, 2.05) is 17.0 Å². The number of aromatic nitrogens is 2. The van der Waals surface area contributed by atoms with Gasteiger partial charge in [-0.15, -0.1) is 0 Å². The zero-order valence-corrected chi connectivity index (χ0v) is 11.8. The highest BCUT2D eigenvalue weighted by atomic mass is 16.5. The molecule has 0 saturated carbocycles. The van der Waals surface area contributed by atoms with E-state index in [0.29, 0.717) is 19.6 Å². The summed E-state index contributed by atoms with van der Waals surface area (Å²) in [6.07, 6.45) is 2.68. The Labute approximate surface area is 125 Å². The molecule has 8 heteroatoms. The number of amides is 1. The third kappa shape index (κ3) is 3.01. The van der Waals surface area contributed by atoms with E-state index < -0.39 is 17.6 Å². The number of nitrogens with one attached hydrogen (secondary N) is 1. The fourth-order valence-electron chi connectivity index (χ4n) is 2.51. The monoisotopic (exact) mass is 304 g/mol. The number of β-amino-alcohol motifs (C(OH)–C–C–N with tert-alkyl or cyclic N) is 1. The van der Waals surface area contributed by atoms with Gasteiger partial charge in [-0.2, -0.15) is 5.16 Å². The van der Waals surface area contributed by atoms with Gasteiger partial charge in [0.2, 0.25) is 5.76 Å². The van der Waals surface area contributed by atoms with Gasteiger partial charge in [-0.3, -0.25) is 14.6 Å². The van der Waals surface area contributed by atoms with Gasteiger partial charge in [0, 0.05) is 44.3 Å². The molecule has 1 aliphatic rings. The number of nitrogens with zero attached hydrogens (tertiary/aromatic N) is 3. The van der Waals surface area contributed by atoms with Gasteiger partial charge in [0.15, 0.2) is 0 Å². The summed E-state index contributed by atoms with van der Waals surface area (Å²) < 4.78 is 4.83. The minimum absolute atomic E-state index is 0.0467. The van der Waals surface area contributed by atoms with Crippen molar-refractivity contribution < 1.29 is 14.4 Å². The summed E-state index contributed by atoms with van der Waals surface area (Å²) in [4.78, 5) is 30.8. The van der Waals surface area contributed by atoms with E-state index in [1.54, 1.807) is 12.4 Å². The average Bonchev–Trinajstić information content (AvgIpc) is 2.86. The summed E-state index contributed by atoms with van der Waals surface area (Å²) in [6, 6.07) is 4.82. The Bertz CT molecular complexity index is 696. The van der Waals surface area contributed by atoms with Gasteiger partial charge >= 0.3 is 0 Å². The second-order valence-corrected chi connectivity index (χ2v) is 5.13. The minimum Gasteiger partial charge on any atom is -0.389 e. The van der Waals surface area contributed by atoms with Crippen molar-refractivity contribution in [2.75, 3.05) is 31.1 Å². The molecule has 22 heavy (non-hydrogen) atoms. The lowest BCUT2D eigenvalue weighted by Crippen LogP contribution is -2.37. The van der Waals surface area contributed by atoms with Crippen molar-refractivity contribution in [2.45, 2.75) is 6.10 Å². The van der Waals surface area contributed by atoms with Crippen LogP contribution in [0.5, 0.6) is 0 Å². The van der Waals surface area contributed by atoms with E-state index in [9.17, 15) is 14.7 Å². The molecule has 1 fully saturated rings. The molecule has 2 aromatic heterocycles. The lowest BCUT2D eigenvalue weighted by molar-refractivity contribution is 0.0634. The largest absolute Gasteiger partial charge is 0.389 e. The van der Waals surface area contributed by atoms with E-state index >= 15 is 0 Å². The second kappa shape index (κ2) is 6.02. The highest BCUT2D eigenvalue weighted by Crippen LogP contribution is 2.16. The smallest absolute Gasteiger partial charge is 0.292 e. The number of hydrogen-bond donors (Lipinski definition) is 2. The number of pyridine rings is 1. The molecule has 2 aromatic rings. The third-order valence-corrected chi connectivity index (χ3v) is 3.55. The molecule has 0 bridgehead atoms. The Morgan fingerprint density at radius 2 is 2.09 bits per heavy atom. The van der Waals surface area contributed by atoms with Crippen LogP contribution in [0.3, 0.4) is 0 Å². The van der Waals surface area contributed by atoms with Crippen molar-refractivity contribution in [2.24, 2.45) is 0 Å². The fraction of sp³-hybridized carbons (Fsp3) is 0.357. The van der Waals surface area contributed by atoms with Gasteiger partial charge in [0.1, 0.15) is 0 Å². The third-order valence-electron chi connectivity index (χ3n) is 3.55. The number of H-pyrrole nitrogens is 1. The zero-order chi connectivity index (χ0) is 15.5. The molecule has 3 heterocycles. The summed E-state index contributed by atoms with van der Waals surface area (Å²) in [7, 11) is 0. The lowest BCUT2D eigenvalue weighted by atomic mass is 10.3. The molecule has 1 aliphatic heterocycles. The number of anilines is 1. The van der Waals surface area contributed by atoms with Gasteiger partial charge < -0.3 is 19.4 Å². The van der Waals surface area contributed by atoms with Crippen molar-refractivity contribution in [3.63, 3.8) is 0 Å². The highest BCUT2D eigenvalue weighted by molar-refractivity contribution is 5.91. The van der Waals surface area contributed by atoms with Crippen LogP contribution >= 0.6 is 0 Å². The average molecular weight is 304 g/mol. The lowest BCUT2D eigenvalue weighted by Gasteiger charge is -2.23. The van der Waals surface area contributed by atoms with E-state index in [4.69, 9.17) is 4.52 Å². The zero-order valence-electron chi connectivity index (χ0n) is 11.8. The summed E-state index contributed by atoms with van der Waals surface area (Å²) in [5.41, 5.74) is 0.480. The standard InChI is InChI=1S/C14H16N4O4/c19-11-8-17(10-1-3-15-4-2-10)5-6-18(9-11)14(21)12-7-13(20)16-22-12/h1-4,7,11,19H,5-6,8-9H2,(H,16,20)/t11-/m1/s1. The summed E-state index contributed by atoms with van der Waals surface area (Å²) in [5.74, 6) is -0.455. The van der Waals surface area contributed by atoms with E-state index in [1.165, 1.54) is 4.90 Å². The van der Waals surface area contributed by atoms with Crippen LogP contribution < -0.4 is 10.5 Å². The number of hydrogen-bond acceptors (Lipinski definition) is 6. The summed E-state index contributed by atoms with van der Waals surface area (Å²) in [5, 5.41) is 12.2. The van der Waals surface area contributed by atoms with E-state index in [0.717, 1.165) is 11.8 Å². The molecule has 0 radical (unpaired) electrons. The van der Waals surface area contributed by atoms with Gasteiger partial charge in [-0.1, -0.05) is 0 Å². The number of carbonyl (C=O) groups is 1. The summed E-state index contributed by atoms with van der Waals surface area (Å²) in [6.45, 7) is 1.61. The predicted molar refractivity (Wildman–Crippen MR) is 77.7 cm³/mol. The number of aliphatic hydroxyl groups is 1. The first kappa shape index (κ1) is 14.3. The molecular weight excluding hydrogens is 288 g/mol. The molecule has 2 N–H and O–H groups in total. The Balaban J connectivity index is 1.74. The van der Waals surface area contributed by atoms with Crippen LogP contribution in [-0.4, -0.2) is 58.3 Å². The molecule has 0 aliphatic carbocycles. The maximum absolute atomic E-state index is 12.3. The fourth-order valence-corrected chi connectivity index (χ4v) is 2.51. The van der Waals surface area contributed by atoms with Crippen LogP contribution in [0, 0.1) is 0 Å². The number of carbonyl (C=O) groups excluding carboxylic acids is 1. The Morgan fingerprint density at radius 1 is 1.32 bits per heavy atom. The Hall–Kier alpha value is -2.61. The normalized spacial score (nSPS) is 19.0. The maximum atomic E-state index is 12.3. The molecule has 8 nitrogen and oxygen atoms in total. The van der Waals surface area contributed by atoms with Crippen LogP contribution in [0.4, 0.5) is 5.69 Å². The van der Waals surface area contributed by atoms with Crippen molar-refractivity contribution in [3.05, 3.63) is 46.7 Å². The van der Waals surface area contributed by atoms with Crippen LogP contribution in [0.15, 0.2) is 39.9 Å². The van der Waals surface area contributed by atoms with Gasteiger partial charge in [0.25, 0.3) is 11.5 Å². The Morgan fingerprint density at radius 3 is 2.77 bits per heavy atom. The van der Waals surface area contributed by atoms with Crippen molar-refractivity contribution in [1.29, 1.82) is 0 Å². The second-order valence-electron chi connectivity index (χ2n) is 5.13. The van der Waals surface area contributed by atoms with Gasteiger partial charge in [-0.05, 0) is 12.1 Å². The molecule has 0 spiro atoms. The van der Waals surface area contributed by atoms with E-state index in [-0.39, 0.29) is 12.3 Å². The maximum Gasteiger partial charge on any atom is 0.292 e. The number of aliphatic hydroxyl groups excluding tert-OH is 1. The van der Waals surface area contributed by atoms with Crippen LogP contribution in [0.1, 0.15) is 10.6 Å². The van der Waals surface area contributed by atoms with Crippen molar-refractivity contribution in [1.82, 2.24) is 15.0 Å². The van der Waals surface area contributed by atoms with Crippen molar-refractivity contribution >= 4 is 11.6 Å². The topological polar surface area (TPSA) is 103 Å². The molecule has 116 valence electrons. The minimum atomic E-state index is -0.690. The Kier molecular flexibility index (Phi) is 3.92. The first-order chi connectivity index (χ1) is 10.6. The molecular formula is C14H16N4O4. The SMILES string of the molecule is O=C(c1cc(=O)[nH]o1)N1CCN(c2ccncc2)C[C@@H](O)C1.